The maximum atomic E-state index is 12.8. The number of nitrogens with one attached hydrogen (secondary N) is 1. The summed E-state index contributed by atoms with van der Waals surface area (Å²) >= 11 is 5.83. The van der Waals surface area contributed by atoms with Gasteiger partial charge in [-0.25, -0.2) is 4.39 Å². The van der Waals surface area contributed by atoms with E-state index in [4.69, 9.17) is 16.0 Å². The third-order valence-corrected chi connectivity index (χ3v) is 3.10. The molecule has 0 fully saturated rings. The molecule has 0 aliphatic rings. The first kappa shape index (κ1) is 13.6. The first-order valence-corrected chi connectivity index (χ1v) is 6.66. The molecule has 0 aliphatic carbocycles. The molecule has 3 rings (SSSR count). The third-order valence-electron chi connectivity index (χ3n) is 2.85. The lowest BCUT2D eigenvalue weighted by atomic mass is 10.2. The van der Waals surface area contributed by atoms with E-state index in [0.717, 1.165) is 11.3 Å². The normalized spacial score (nSPS) is 10.6. The summed E-state index contributed by atoms with van der Waals surface area (Å²) in [6.45, 7) is 0.367. The summed E-state index contributed by atoms with van der Waals surface area (Å²) in [4.78, 5) is 0. The van der Waals surface area contributed by atoms with Gasteiger partial charge in [0.25, 0.3) is 0 Å². The minimum Gasteiger partial charge on any atom is -0.419 e. The van der Waals surface area contributed by atoms with Gasteiger partial charge in [-0.05, 0) is 48.5 Å². The van der Waals surface area contributed by atoms with Gasteiger partial charge in [0, 0.05) is 16.3 Å². The van der Waals surface area contributed by atoms with Crippen LogP contribution in [0.1, 0.15) is 5.89 Å². The number of halogens is 2. The molecule has 0 radical (unpaired) electrons. The summed E-state index contributed by atoms with van der Waals surface area (Å²) in [6.07, 6.45) is 0. The van der Waals surface area contributed by atoms with E-state index in [0.29, 0.717) is 23.3 Å². The molecular weight excluding hydrogens is 293 g/mol. The number of aromatic nitrogens is 2. The van der Waals surface area contributed by atoms with Gasteiger partial charge in [-0.1, -0.05) is 11.6 Å². The Labute approximate surface area is 125 Å². The van der Waals surface area contributed by atoms with Gasteiger partial charge < -0.3 is 9.73 Å². The maximum Gasteiger partial charge on any atom is 0.247 e. The van der Waals surface area contributed by atoms with Crippen LogP contribution < -0.4 is 5.32 Å². The van der Waals surface area contributed by atoms with Crippen LogP contribution >= 0.6 is 11.6 Å². The highest BCUT2D eigenvalue weighted by Gasteiger charge is 2.08. The Morgan fingerprint density at radius 1 is 1.00 bits per heavy atom. The van der Waals surface area contributed by atoms with E-state index in [2.05, 4.69) is 15.5 Å². The Bertz CT molecular complexity index is 725. The van der Waals surface area contributed by atoms with Crippen molar-refractivity contribution in [2.24, 2.45) is 0 Å². The van der Waals surface area contributed by atoms with Crippen molar-refractivity contribution >= 4 is 17.3 Å². The standard InChI is InChI=1S/C15H11ClFN3O/c16-11-3-1-10(2-4-11)15-20-19-14(21-15)9-18-13-7-5-12(17)6-8-13/h1-8,18H,9H2. The topological polar surface area (TPSA) is 51.0 Å². The molecule has 6 heteroatoms. The highest BCUT2D eigenvalue weighted by molar-refractivity contribution is 6.30. The van der Waals surface area contributed by atoms with E-state index in [1.54, 1.807) is 24.3 Å². The summed E-state index contributed by atoms with van der Waals surface area (Å²) in [6, 6.07) is 13.2. The molecule has 1 N–H and O–H groups in total. The molecule has 0 unspecified atom stereocenters. The fraction of sp³-hybridized carbons (Fsp3) is 0.0667. The number of hydrogen-bond acceptors (Lipinski definition) is 4. The minimum absolute atomic E-state index is 0.275. The molecule has 0 saturated heterocycles. The Kier molecular flexibility index (Phi) is 3.83. The molecule has 4 nitrogen and oxygen atoms in total. The van der Waals surface area contributed by atoms with Crippen molar-refractivity contribution in [3.05, 3.63) is 65.3 Å². The highest BCUT2D eigenvalue weighted by atomic mass is 35.5. The predicted octanol–water partition coefficient (Wildman–Crippen LogP) is 4.14. The van der Waals surface area contributed by atoms with Crippen molar-refractivity contribution in [1.29, 1.82) is 0 Å². The van der Waals surface area contributed by atoms with Crippen LogP contribution in [0.5, 0.6) is 0 Å². The van der Waals surface area contributed by atoms with E-state index in [9.17, 15) is 4.39 Å². The van der Waals surface area contributed by atoms with Crippen molar-refractivity contribution in [3.63, 3.8) is 0 Å². The van der Waals surface area contributed by atoms with E-state index in [1.807, 2.05) is 12.1 Å². The molecule has 3 aromatic rings. The van der Waals surface area contributed by atoms with Crippen LogP contribution in [0.4, 0.5) is 10.1 Å². The molecule has 106 valence electrons. The van der Waals surface area contributed by atoms with Crippen molar-refractivity contribution < 1.29 is 8.81 Å². The molecule has 0 aliphatic heterocycles. The summed E-state index contributed by atoms with van der Waals surface area (Å²) in [5.74, 6) is 0.607. The lowest BCUT2D eigenvalue weighted by Crippen LogP contribution is -1.99. The van der Waals surface area contributed by atoms with Crippen LogP contribution in [-0.4, -0.2) is 10.2 Å². The Morgan fingerprint density at radius 2 is 1.71 bits per heavy atom. The molecule has 2 aromatic carbocycles. The molecule has 0 atom stereocenters. The second-order valence-electron chi connectivity index (χ2n) is 4.37. The number of rotatable bonds is 4. The maximum absolute atomic E-state index is 12.8. The van der Waals surface area contributed by atoms with Crippen LogP contribution in [-0.2, 0) is 6.54 Å². The fourth-order valence-electron chi connectivity index (χ4n) is 1.78. The number of anilines is 1. The van der Waals surface area contributed by atoms with Crippen molar-refractivity contribution in [2.45, 2.75) is 6.54 Å². The fourth-order valence-corrected chi connectivity index (χ4v) is 1.91. The second-order valence-corrected chi connectivity index (χ2v) is 4.80. The third kappa shape index (κ3) is 3.38. The summed E-state index contributed by atoms with van der Waals surface area (Å²) in [5.41, 5.74) is 1.59. The zero-order valence-corrected chi connectivity index (χ0v) is 11.6. The number of benzene rings is 2. The van der Waals surface area contributed by atoms with Gasteiger partial charge in [0.1, 0.15) is 5.82 Å². The second kappa shape index (κ2) is 5.93. The first-order chi connectivity index (χ1) is 10.2. The quantitative estimate of drug-likeness (QED) is 0.787. The molecule has 1 heterocycles. The van der Waals surface area contributed by atoms with Crippen LogP contribution in [0.3, 0.4) is 0 Å². The smallest absolute Gasteiger partial charge is 0.247 e. The van der Waals surface area contributed by atoms with Gasteiger partial charge in [0.2, 0.25) is 11.8 Å². The van der Waals surface area contributed by atoms with Crippen molar-refractivity contribution in [1.82, 2.24) is 10.2 Å². The molecule has 21 heavy (non-hydrogen) atoms. The molecule has 0 spiro atoms. The van der Waals surface area contributed by atoms with E-state index >= 15 is 0 Å². The largest absolute Gasteiger partial charge is 0.419 e. The lowest BCUT2D eigenvalue weighted by Gasteiger charge is -2.02. The van der Waals surface area contributed by atoms with E-state index < -0.39 is 0 Å². The molecular formula is C15H11ClFN3O. The van der Waals surface area contributed by atoms with Gasteiger partial charge >= 0.3 is 0 Å². The number of hydrogen-bond donors (Lipinski definition) is 1. The van der Waals surface area contributed by atoms with Crippen LogP contribution in [0, 0.1) is 5.82 Å². The monoisotopic (exact) mass is 303 g/mol. The van der Waals surface area contributed by atoms with Crippen LogP contribution in [0.2, 0.25) is 5.02 Å². The van der Waals surface area contributed by atoms with Crippen LogP contribution in [0.15, 0.2) is 52.9 Å². The summed E-state index contributed by atoms with van der Waals surface area (Å²) in [7, 11) is 0. The zero-order chi connectivity index (χ0) is 14.7. The molecule has 1 aromatic heterocycles. The van der Waals surface area contributed by atoms with Gasteiger partial charge in [-0.3, -0.25) is 0 Å². The molecule has 0 bridgehead atoms. The van der Waals surface area contributed by atoms with Gasteiger partial charge in [0.15, 0.2) is 0 Å². The van der Waals surface area contributed by atoms with Gasteiger partial charge in [-0.15, -0.1) is 10.2 Å². The predicted molar refractivity (Wildman–Crippen MR) is 78.5 cm³/mol. The summed E-state index contributed by atoms with van der Waals surface area (Å²) in [5, 5.41) is 11.7. The van der Waals surface area contributed by atoms with E-state index in [1.165, 1.54) is 12.1 Å². The SMILES string of the molecule is Fc1ccc(NCc2nnc(-c3ccc(Cl)cc3)o2)cc1. The molecule has 0 amide bonds. The zero-order valence-electron chi connectivity index (χ0n) is 10.9. The van der Waals surface area contributed by atoms with Crippen molar-refractivity contribution in [3.8, 4) is 11.5 Å². The minimum atomic E-state index is -0.275. The Hall–Kier alpha value is -2.40. The highest BCUT2D eigenvalue weighted by Crippen LogP contribution is 2.20. The van der Waals surface area contributed by atoms with Gasteiger partial charge in [-0.2, -0.15) is 0 Å². The summed E-state index contributed by atoms with van der Waals surface area (Å²) < 4.78 is 18.3. The average Bonchev–Trinajstić information content (AvgIpc) is 2.96. The Balaban J connectivity index is 1.67. The van der Waals surface area contributed by atoms with Crippen molar-refractivity contribution in [2.75, 3.05) is 5.32 Å². The van der Waals surface area contributed by atoms with Crippen LogP contribution in [0.25, 0.3) is 11.5 Å². The first-order valence-electron chi connectivity index (χ1n) is 6.28. The van der Waals surface area contributed by atoms with Gasteiger partial charge in [0.05, 0.1) is 6.54 Å². The number of nitrogens with zero attached hydrogens (tertiary/aromatic N) is 2. The lowest BCUT2D eigenvalue weighted by molar-refractivity contribution is 0.515. The Morgan fingerprint density at radius 3 is 2.43 bits per heavy atom. The molecule has 0 saturated carbocycles. The van der Waals surface area contributed by atoms with E-state index in [-0.39, 0.29) is 5.82 Å². The average molecular weight is 304 g/mol.